The van der Waals surface area contributed by atoms with Crippen molar-refractivity contribution in [2.75, 3.05) is 0 Å². The number of H-pyrrole nitrogens is 1. The number of thioether (sulfide) groups is 1. The minimum absolute atomic E-state index is 0.114. The Morgan fingerprint density at radius 3 is 2.86 bits per heavy atom. The molecular formula is C8H9FN2O2S. The summed E-state index contributed by atoms with van der Waals surface area (Å²) < 4.78 is 12.9. The number of hydrogen-bond acceptors (Lipinski definition) is 4. The van der Waals surface area contributed by atoms with Crippen LogP contribution in [0.5, 0.6) is 0 Å². The van der Waals surface area contributed by atoms with Crippen molar-refractivity contribution in [3.05, 3.63) is 22.1 Å². The zero-order valence-corrected chi connectivity index (χ0v) is 8.52. The van der Waals surface area contributed by atoms with Crippen molar-refractivity contribution in [3.8, 4) is 0 Å². The zero-order chi connectivity index (χ0) is 10.7. The van der Waals surface area contributed by atoms with E-state index in [0.29, 0.717) is 17.3 Å². The van der Waals surface area contributed by atoms with Crippen LogP contribution in [0.25, 0.3) is 0 Å². The second-order valence-corrected chi connectivity index (χ2v) is 3.78. The molecule has 0 saturated heterocycles. The number of nitrogens with zero attached hydrogens (tertiary/aromatic N) is 1. The fourth-order valence-electron chi connectivity index (χ4n) is 0.683. The van der Waals surface area contributed by atoms with Crippen LogP contribution < -0.4 is 5.56 Å². The van der Waals surface area contributed by atoms with Gasteiger partial charge in [0.15, 0.2) is 10.9 Å². The van der Waals surface area contributed by atoms with Gasteiger partial charge in [-0.2, -0.15) is 0 Å². The fraction of sp³-hybridized carbons (Fsp3) is 0.375. The molecule has 0 aromatic carbocycles. The molecule has 4 nitrogen and oxygen atoms in total. The molecule has 0 bridgehead atoms. The Bertz CT molecular complexity index is 405. The average molecular weight is 216 g/mol. The lowest BCUT2D eigenvalue weighted by atomic mass is 10.4. The van der Waals surface area contributed by atoms with Crippen molar-refractivity contribution in [2.45, 2.75) is 24.5 Å². The van der Waals surface area contributed by atoms with Crippen LogP contribution in [0.1, 0.15) is 12.5 Å². The van der Waals surface area contributed by atoms with Gasteiger partial charge in [-0.05, 0) is 25.6 Å². The molecule has 1 aromatic rings. The fourth-order valence-corrected chi connectivity index (χ4v) is 1.31. The maximum absolute atomic E-state index is 12.9. The summed E-state index contributed by atoms with van der Waals surface area (Å²) in [4.78, 5) is 27.8. The van der Waals surface area contributed by atoms with E-state index in [-0.39, 0.29) is 10.7 Å². The minimum atomic E-state index is -1.68. The molecule has 1 unspecified atom stereocenters. The second kappa shape index (κ2) is 4.36. The van der Waals surface area contributed by atoms with Crippen molar-refractivity contribution < 1.29 is 9.18 Å². The highest BCUT2D eigenvalue weighted by Gasteiger charge is 2.15. The van der Waals surface area contributed by atoms with Crippen LogP contribution in [0.2, 0.25) is 0 Å². The molecule has 14 heavy (non-hydrogen) atoms. The SMILES string of the molecule is CC(=O)C(F)Sc1ncc(C)c(=O)[nH]1. The smallest absolute Gasteiger partial charge is 0.254 e. The number of carbonyl (C=O) groups excluding carboxylic acids is 1. The van der Waals surface area contributed by atoms with Crippen molar-refractivity contribution in [1.29, 1.82) is 0 Å². The monoisotopic (exact) mass is 216 g/mol. The van der Waals surface area contributed by atoms with Crippen LogP contribution in [-0.4, -0.2) is 21.3 Å². The molecule has 1 rings (SSSR count). The van der Waals surface area contributed by atoms with E-state index >= 15 is 0 Å². The van der Waals surface area contributed by atoms with E-state index in [4.69, 9.17) is 0 Å². The number of Topliss-reactive ketones (excluding diaryl/α,β-unsaturated/α-hetero) is 1. The van der Waals surface area contributed by atoms with E-state index in [9.17, 15) is 14.0 Å². The first-order valence-electron chi connectivity index (χ1n) is 3.88. The van der Waals surface area contributed by atoms with E-state index in [1.165, 1.54) is 6.20 Å². The van der Waals surface area contributed by atoms with E-state index in [0.717, 1.165) is 6.92 Å². The van der Waals surface area contributed by atoms with Crippen molar-refractivity contribution in [3.63, 3.8) is 0 Å². The van der Waals surface area contributed by atoms with Gasteiger partial charge in [0.2, 0.25) is 5.50 Å². The third-order valence-corrected chi connectivity index (χ3v) is 2.46. The van der Waals surface area contributed by atoms with Crippen LogP contribution >= 0.6 is 11.8 Å². The molecule has 1 aromatic heterocycles. The second-order valence-electron chi connectivity index (χ2n) is 2.75. The molecule has 1 atom stereocenters. The van der Waals surface area contributed by atoms with Gasteiger partial charge < -0.3 is 4.98 Å². The van der Waals surface area contributed by atoms with Crippen LogP contribution in [0.15, 0.2) is 16.1 Å². The van der Waals surface area contributed by atoms with E-state index in [2.05, 4.69) is 9.97 Å². The molecule has 1 N–H and O–H groups in total. The Kier molecular flexibility index (Phi) is 3.40. The first-order valence-corrected chi connectivity index (χ1v) is 4.76. The zero-order valence-electron chi connectivity index (χ0n) is 7.70. The molecule has 0 fully saturated rings. The predicted molar refractivity (Wildman–Crippen MR) is 51.0 cm³/mol. The van der Waals surface area contributed by atoms with Gasteiger partial charge in [-0.15, -0.1) is 0 Å². The van der Waals surface area contributed by atoms with Gasteiger partial charge in [-0.1, -0.05) is 0 Å². The molecular weight excluding hydrogens is 207 g/mol. The Hall–Kier alpha value is -1.17. The van der Waals surface area contributed by atoms with Crippen LogP contribution in [0.4, 0.5) is 4.39 Å². The molecule has 0 aliphatic carbocycles. The number of halogens is 1. The lowest BCUT2D eigenvalue weighted by molar-refractivity contribution is -0.118. The molecule has 76 valence electrons. The molecule has 0 amide bonds. The summed E-state index contributed by atoms with van der Waals surface area (Å²) in [6.45, 7) is 2.74. The Morgan fingerprint density at radius 2 is 2.36 bits per heavy atom. The first kappa shape index (κ1) is 10.9. The molecule has 0 saturated carbocycles. The van der Waals surface area contributed by atoms with Crippen LogP contribution in [0, 0.1) is 6.92 Å². The lowest BCUT2D eigenvalue weighted by Crippen LogP contribution is -2.13. The van der Waals surface area contributed by atoms with Crippen LogP contribution in [0.3, 0.4) is 0 Å². The number of aromatic nitrogens is 2. The van der Waals surface area contributed by atoms with Crippen molar-refractivity contribution in [1.82, 2.24) is 9.97 Å². The third-order valence-electron chi connectivity index (χ3n) is 1.49. The molecule has 6 heteroatoms. The number of rotatable bonds is 3. The van der Waals surface area contributed by atoms with Crippen molar-refractivity contribution in [2.24, 2.45) is 0 Å². The number of hydrogen-bond donors (Lipinski definition) is 1. The Labute approximate surface area is 83.9 Å². The number of aromatic amines is 1. The summed E-state index contributed by atoms with van der Waals surface area (Å²) in [5, 5.41) is 0.114. The lowest BCUT2D eigenvalue weighted by Gasteiger charge is -2.02. The summed E-state index contributed by atoms with van der Waals surface area (Å²) in [6, 6.07) is 0. The minimum Gasteiger partial charge on any atom is -0.301 e. The predicted octanol–water partition coefficient (Wildman–Crippen LogP) is 1.06. The van der Waals surface area contributed by atoms with Gasteiger partial charge in [-0.3, -0.25) is 9.59 Å². The van der Waals surface area contributed by atoms with Crippen LogP contribution in [-0.2, 0) is 4.79 Å². The molecule has 1 heterocycles. The third kappa shape index (κ3) is 2.66. The van der Waals surface area contributed by atoms with Gasteiger partial charge in [-0.25, -0.2) is 9.37 Å². The summed E-state index contributed by atoms with van der Waals surface area (Å²) in [6.07, 6.45) is 1.34. The van der Waals surface area contributed by atoms with Gasteiger partial charge in [0.25, 0.3) is 5.56 Å². The Morgan fingerprint density at radius 1 is 1.71 bits per heavy atom. The average Bonchev–Trinajstić information content (AvgIpc) is 2.11. The van der Waals surface area contributed by atoms with Gasteiger partial charge in [0, 0.05) is 11.8 Å². The first-order chi connectivity index (χ1) is 6.50. The largest absolute Gasteiger partial charge is 0.301 e. The number of alkyl halides is 1. The quantitative estimate of drug-likeness (QED) is 0.606. The van der Waals surface area contributed by atoms with Gasteiger partial charge >= 0.3 is 0 Å². The normalized spacial score (nSPS) is 12.5. The van der Waals surface area contributed by atoms with Gasteiger partial charge in [0.05, 0.1) is 0 Å². The maximum atomic E-state index is 12.9. The molecule has 0 aliphatic heterocycles. The number of ketones is 1. The number of nitrogens with one attached hydrogen (secondary N) is 1. The van der Waals surface area contributed by atoms with Crippen molar-refractivity contribution >= 4 is 17.5 Å². The van der Waals surface area contributed by atoms with E-state index in [1.807, 2.05) is 0 Å². The molecule has 0 aliphatic rings. The van der Waals surface area contributed by atoms with Gasteiger partial charge in [0.1, 0.15) is 0 Å². The summed E-state index contributed by atoms with van der Waals surface area (Å²) in [7, 11) is 0. The van der Waals surface area contributed by atoms with E-state index < -0.39 is 11.3 Å². The summed E-state index contributed by atoms with van der Waals surface area (Å²) in [5.74, 6) is -0.599. The Balaban J connectivity index is 2.83. The highest BCUT2D eigenvalue weighted by Crippen LogP contribution is 2.19. The highest BCUT2D eigenvalue weighted by atomic mass is 32.2. The standard InChI is InChI=1S/C8H9FN2O2S/c1-4-3-10-8(11-7(4)13)14-6(9)5(2)12/h3,6H,1-2H3,(H,10,11,13). The number of aryl methyl sites for hydroxylation is 1. The topological polar surface area (TPSA) is 62.8 Å². The maximum Gasteiger partial charge on any atom is 0.254 e. The highest BCUT2D eigenvalue weighted by molar-refractivity contribution is 8.00. The molecule has 0 radical (unpaired) electrons. The number of carbonyl (C=O) groups is 1. The summed E-state index contributed by atoms with van der Waals surface area (Å²) >= 11 is 0.592. The van der Waals surface area contributed by atoms with E-state index in [1.54, 1.807) is 6.92 Å². The molecule has 0 spiro atoms. The summed E-state index contributed by atoms with van der Waals surface area (Å²) in [5.41, 5.74) is -1.55.